The molecule has 0 radical (unpaired) electrons. The molecule has 0 aromatic rings. The molecule has 0 saturated carbocycles. The van der Waals surface area contributed by atoms with E-state index < -0.39 is 0 Å². The fourth-order valence-corrected chi connectivity index (χ4v) is 2.79. The first-order valence-electron chi connectivity index (χ1n) is 7.91. The molecule has 3 heteroatoms. The van der Waals surface area contributed by atoms with Gasteiger partial charge in [0, 0.05) is 31.2 Å². The smallest absolute Gasteiger partial charge is 0.0645 e. The van der Waals surface area contributed by atoms with Gasteiger partial charge in [-0.1, -0.05) is 27.7 Å². The normalized spacial score (nSPS) is 21.0. The molecule has 1 heterocycles. The van der Waals surface area contributed by atoms with Gasteiger partial charge >= 0.3 is 0 Å². The van der Waals surface area contributed by atoms with E-state index in [1.807, 2.05) is 0 Å². The van der Waals surface area contributed by atoms with Gasteiger partial charge in [-0.2, -0.15) is 0 Å². The van der Waals surface area contributed by atoms with Crippen molar-refractivity contribution in [3.05, 3.63) is 0 Å². The van der Waals surface area contributed by atoms with E-state index in [1.165, 1.54) is 19.4 Å². The van der Waals surface area contributed by atoms with Crippen LogP contribution in [0.4, 0.5) is 0 Å². The van der Waals surface area contributed by atoms with E-state index in [9.17, 15) is 0 Å². The van der Waals surface area contributed by atoms with E-state index in [4.69, 9.17) is 4.74 Å². The van der Waals surface area contributed by atoms with E-state index in [0.717, 1.165) is 26.3 Å². The second-order valence-electron chi connectivity index (χ2n) is 7.03. The van der Waals surface area contributed by atoms with Gasteiger partial charge in [-0.15, -0.1) is 0 Å². The standard InChI is InChI=1S/C16H34N2O/c1-7-16(8-2,11-17-14(3)4)12-18-9-10-19-13-15(18,5)6/h14,17H,7-13H2,1-6H3. The Balaban J connectivity index is 2.70. The first-order valence-corrected chi connectivity index (χ1v) is 7.91. The molecule has 1 saturated heterocycles. The quantitative estimate of drug-likeness (QED) is 0.770. The van der Waals surface area contributed by atoms with Crippen molar-refractivity contribution in [3.63, 3.8) is 0 Å². The summed E-state index contributed by atoms with van der Waals surface area (Å²) in [6.45, 7) is 18.8. The fraction of sp³-hybridized carbons (Fsp3) is 1.00. The van der Waals surface area contributed by atoms with Crippen LogP contribution >= 0.6 is 0 Å². The molecule has 1 aliphatic heterocycles. The number of nitrogens with zero attached hydrogens (tertiary/aromatic N) is 1. The van der Waals surface area contributed by atoms with Crippen LogP contribution in [0.15, 0.2) is 0 Å². The molecule has 0 amide bonds. The Labute approximate surface area is 120 Å². The average Bonchev–Trinajstić information content (AvgIpc) is 2.36. The average molecular weight is 270 g/mol. The van der Waals surface area contributed by atoms with Crippen LogP contribution in [0.2, 0.25) is 0 Å². The van der Waals surface area contributed by atoms with Crippen LogP contribution in [0.5, 0.6) is 0 Å². The summed E-state index contributed by atoms with van der Waals surface area (Å²) in [6, 6.07) is 0.565. The Morgan fingerprint density at radius 3 is 2.37 bits per heavy atom. The predicted octanol–water partition coefficient (Wildman–Crippen LogP) is 2.90. The van der Waals surface area contributed by atoms with Gasteiger partial charge in [0.25, 0.3) is 0 Å². The van der Waals surface area contributed by atoms with Crippen LogP contribution in [0.3, 0.4) is 0 Å². The number of hydrogen-bond donors (Lipinski definition) is 1. The van der Waals surface area contributed by atoms with E-state index in [0.29, 0.717) is 11.5 Å². The minimum Gasteiger partial charge on any atom is -0.378 e. The maximum atomic E-state index is 5.64. The topological polar surface area (TPSA) is 24.5 Å². The number of ether oxygens (including phenoxy) is 1. The minimum atomic E-state index is 0.172. The van der Waals surface area contributed by atoms with Gasteiger partial charge in [-0.05, 0) is 32.1 Å². The highest BCUT2D eigenvalue weighted by atomic mass is 16.5. The van der Waals surface area contributed by atoms with Gasteiger partial charge in [0.05, 0.1) is 13.2 Å². The Kier molecular flexibility index (Phi) is 6.28. The van der Waals surface area contributed by atoms with Crippen molar-refractivity contribution in [1.82, 2.24) is 10.2 Å². The molecule has 0 aromatic carbocycles. The number of rotatable bonds is 7. The molecular weight excluding hydrogens is 236 g/mol. The molecule has 19 heavy (non-hydrogen) atoms. The highest BCUT2D eigenvalue weighted by Crippen LogP contribution is 2.31. The lowest BCUT2D eigenvalue weighted by Crippen LogP contribution is -2.57. The highest BCUT2D eigenvalue weighted by molar-refractivity contribution is 4.91. The minimum absolute atomic E-state index is 0.172. The molecule has 1 fully saturated rings. The summed E-state index contributed by atoms with van der Waals surface area (Å²) in [5, 5.41) is 3.65. The van der Waals surface area contributed by atoms with E-state index in [1.54, 1.807) is 0 Å². The largest absolute Gasteiger partial charge is 0.378 e. The molecule has 0 atom stereocenters. The van der Waals surface area contributed by atoms with Crippen LogP contribution in [0, 0.1) is 5.41 Å². The molecular formula is C16H34N2O. The van der Waals surface area contributed by atoms with Gasteiger partial charge in [0.1, 0.15) is 0 Å². The van der Waals surface area contributed by atoms with Crippen LogP contribution in [0.25, 0.3) is 0 Å². The third-order valence-electron chi connectivity index (χ3n) is 4.73. The maximum Gasteiger partial charge on any atom is 0.0645 e. The summed E-state index contributed by atoms with van der Waals surface area (Å²) in [4.78, 5) is 2.63. The number of hydrogen-bond acceptors (Lipinski definition) is 3. The number of nitrogens with one attached hydrogen (secondary N) is 1. The Bertz CT molecular complexity index is 259. The summed E-state index contributed by atoms with van der Waals surface area (Å²) >= 11 is 0. The van der Waals surface area contributed by atoms with Crippen molar-refractivity contribution >= 4 is 0 Å². The second-order valence-corrected chi connectivity index (χ2v) is 7.03. The Morgan fingerprint density at radius 1 is 1.26 bits per heavy atom. The lowest BCUT2D eigenvalue weighted by atomic mass is 9.80. The summed E-state index contributed by atoms with van der Waals surface area (Å²) < 4.78 is 5.64. The molecule has 1 N–H and O–H groups in total. The molecule has 0 unspecified atom stereocenters. The maximum absolute atomic E-state index is 5.64. The lowest BCUT2D eigenvalue weighted by molar-refractivity contribution is -0.0694. The van der Waals surface area contributed by atoms with Crippen molar-refractivity contribution < 1.29 is 4.74 Å². The van der Waals surface area contributed by atoms with Gasteiger partial charge in [-0.3, -0.25) is 4.90 Å². The SMILES string of the molecule is CCC(CC)(CNC(C)C)CN1CCOCC1(C)C. The molecule has 114 valence electrons. The van der Waals surface area contributed by atoms with Crippen LogP contribution in [-0.2, 0) is 4.74 Å². The Morgan fingerprint density at radius 2 is 1.89 bits per heavy atom. The summed E-state index contributed by atoms with van der Waals surface area (Å²) in [5.41, 5.74) is 0.560. The first kappa shape index (κ1) is 16.9. The van der Waals surface area contributed by atoms with Crippen molar-refractivity contribution in [1.29, 1.82) is 0 Å². The molecule has 1 rings (SSSR count). The van der Waals surface area contributed by atoms with Gasteiger partial charge < -0.3 is 10.1 Å². The molecule has 3 nitrogen and oxygen atoms in total. The van der Waals surface area contributed by atoms with Gasteiger partial charge in [0.2, 0.25) is 0 Å². The number of morpholine rings is 1. The molecule has 0 bridgehead atoms. The van der Waals surface area contributed by atoms with E-state index in [2.05, 4.69) is 51.8 Å². The monoisotopic (exact) mass is 270 g/mol. The highest BCUT2D eigenvalue weighted by Gasteiger charge is 2.36. The fourth-order valence-electron chi connectivity index (χ4n) is 2.79. The summed E-state index contributed by atoms with van der Waals surface area (Å²) in [7, 11) is 0. The zero-order valence-corrected chi connectivity index (χ0v) is 13.9. The summed E-state index contributed by atoms with van der Waals surface area (Å²) in [5.74, 6) is 0. The second kappa shape index (κ2) is 7.05. The lowest BCUT2D eigenvalue weighted by Gasteiger charge is -2.47. The first-order chi connectivity index (χ1) is 8.85. The summed E-state index contributed by atoms with van der Waals surface area (Å²) in [6.07, 6.45) is 2.47. The third kappa shape index (κ3) is 4.73. The van der Waals surface area contributed by atoms with Gasteiger partial charge in [-0.25, -0.2) is 0 Å². The van der Waals surface area contributed by atoms with Crippen molar-refractivity contribution in [2.24, 2.45) is 5.41 Å². The van der Waals surface area contributed by atoms with Crippen LogP contribution in [-0.4, -0.2) is 49.3 Å². The van der Waals surface area contributed by atoms with E-state index in [-0.39, 0.29) is 5.54 Å². The van der Waals surface area contributed by atoms with Crippen molar-refractivity contribution in [2.45, 2.75) is 66.0 Å². The van der Waals surface area contributed by atoms with Crippen molar-refractivity contribution in [3.8, 4) is 0 Å². The Hall–Kier alpha value is -0.120. The predicted molar refractivity (Wildman–Crippen MR) is 82.6 cm³/mol. The molecule has 1 aliphatic rings. The van der Waals surface area contributed by atoms with E-state index >= 15 is 0 Å². The van der Waals surface area contributed by atoms with Crippen molar-refractivity contribution in [2.75, 3.05) is 32.8 Å². The van der Waals surface area contributed by atoms with Crippen LogP contribution < -0.4 is 5.32 Å². The van der Waals surface area contributed by atoms with Crippen LogP contribution in [0.1, 0.15) is 54.4 Å². The molecule has 0 aromatic heterocycles. The van der Waals surface area contributed by atoms with Gasteiger partial charge in [0.15, 0.2) is 0 Å². The molecule has 0 spiro atoms. The zero-order chi connectivity index (χ0) is 14.5. The zero-order valence-electron chi connectivity index (χ0n) is 13.9. The third-order valence-corrected chi connectivity index (χ3v) is 4.73. The molecule has 0 aliphatic carbocycles.